The van der Waals surface area contributed by atoms with E-state index in [1.807, 2.05) is 0 Å². The molecule has 0 saturated carbocycles. The molecule has 138 valence electrons. The molecule has 0 unspecified atom stereocenters. The molecular formula is C21H19NO5. The Bertz CT molecular complexity index is 1010. The summed E-state index contributed by atoms with van der Waals surface area (Å²) in [5.41, 5.74) is 0.654. The standard InChI is InChI=1S/C21H19NO5/c1-25-16-7-9-17(10-8-16)26-13-12-22-20(23)11-6-15-14-27-19-5-3-2-4-18(19)21(15)24/h2-11,14H,12-13H2,1H3,(H,22,23)/b11-6+. The van der Waals surface area contributed by atoms with Crippen LogP contribution in [0.2, 0.25) is 0 Å². The summed E-state index contributed by atoms with van der Waals surface area (Å²) in [7, 11) is 1.60. The van der Waals surface area contributed by atoms with E-state index >= 15 is 0 Å². The van der Waals surface area contributed by atoms with E-state index in [1.54, 1.807) is 55.6 Å². The van der Waals surface area contributed by atoms with Gasteiger partial charge in [0.05, 0.1) is 24.6 Å². The van der Waals surface area contributed by atoms with Gasteiger partial charge in [-0.1, -0.05) is 12.1 Å². The van der Waals surface area contributed by atoms with Crippen LogP contribution in [0, 0.1) is 0 Å². The molecule has 0 radical (unpaired) electrons. The van der Waals surface area contributed by atoms with Gasteiger partial charge in [0, 0.05) is 6.08 Å². The van der Waals surface area contributed by atoms with Crippen LogP contribution in [0.4, 0.5) is 0 Å². The number of hydrogen-bond acceptors (Lipinski definition) is 5. The Labute approximate surface area is 156 Å². The predicted molar refractivity (Wildman–Crippen MR) is 103 cm³/mol. The number of hydrogen-bond donors (Lipinski definition) is 1. The molecule has 1 amide bonds. The average Bonchev–Trinajstić information content (AvgIpc) is 2.71. The molecule has 0 spiro atoms. The first-order valence-electron chi connectivity index (χ1n) is 8.40. The maximum absolute atomic E-state index is 12.3. The second-order valence-electron chi connectivity index (χ2n) is 5.66. The van der Waals surface area contributed by atoms with Crippen LogP contribution in [-0.4, -0.2) is 26.2 Å². The number of amides is 1. The zero-order valence-electron chi connectivity index (χ0n) is 14.8. The van der Waals surface area contributed by atoms with E-state index in [0.717, 1.165) is 5.75 Å². The van der Waals surface area contributed by atoms with Gasteiger partial charge in [-0.15, -0.1) is 0 Å². The quantitative estimate of drug-likeness (QED) is 0.514. The lowest BCUT2D eigenvalue weighted by atomic mass is 10.1. The van der Waals surface area contributed by atoms with Crippen molar-refractivity contribution in [2.24, 2.45) is 0 Å². The van der Waals surface area contributed by atoms with Gasteiger partial charge in [-0.25, -0.2) is 0 Å². The summed E-state index contributed by atoms with van der Waals surface area (Å²) in [4.78, 5) is 24.2. The highest BCUT2D eigenvalue weighted by atomic mass is 16.5. The minimum atomic E-state index is -0.319. The molecule has 6 nitrogen and oxygen atoms in total. The van der Waals surface area contributed by atoms with Crippen molar-refractivity contribution in [3.05, 3.63) is 76.7 Å². The van der Waals surface area contributed by atoms with E-state index < -0.39 is 0 Å². The normalized spacial score (nSPS) is 10.9. The van der Waals surface area contributed by atoms with Crippen molar-refractivity contribution in [2.45, 2.75) is 0 Å². The molecule has 0 fully saturated rings. The van der Waals surface area contributed by atoms with Crippen molar-refractivity contribution in [3.8, 4) is 11.5 Å². The summed E-state index contributed by atoms with van der Waals surface area (Å²) >= 11 is 0. The van der Waals surface area contributed by atoms with Crippen LogP contribution in [0.1, 0.15) is 5.56 Å². The van der Waals surface area contributed by atoms with Crippen LogP contribution < -0.4 is 20.2 Å². The van der Waals surface area contributed by atoms with Gasteiger partial charge >= 0.3 is 0 Å². The molecule has 0 atom stereocenters. The zero-order valence-corrected chi connectivity index (χ0v) is 14.8. The third kappa shape index (κ3) is 4.76. The largest absolute Gasteiger partial charge is 0.497 e. The minimum absolute atomic E-state index is 0.177. The SMILES string of the molecule is COc1ccc(OCCNC(=O)/C=C/c2coc3ccccc3c2=O)cc1. The van der Waals surface area contributed by atoms with Crippen LogP contribution in [0.15, 0.2) is 70.1 Å². The van der Waals surface area contributed by atoms with Gasteiger partial charge in [0.25, 0.3) is 0 Å². The maximum atomic E-state index is 12.3. The van der Waals surface area contributed by atoms with Gasteiger partial charge < -0.3 is 19.2 Å². The number of fused-ring (bicyclic) bond motifs is 1. The van der Waals surface area contributed by atoms with Crippen molar-refractivity contribution >= 4 is 23.0 Å². The van der Waals surface area contributed by atoms with E-state index in [0.29, 0.717) is 35.4 Å². The highest BCUT2D eigenvalue weighted by Crippen LogP contribution is 2.16. The Morgan fingerprint density at radius 1 is 1.11 bits per heavy atom. The van der Waals surface area contributed by atoms with Gasteiger partial charge in [-0.05, 0) is 42.5 Å². The van der Waals surface area contributed by atoms with E-state index in [4.69, 9.17) is 13.9 Å². The lowest BCUT2D eigenvalue weighted by Gasteiger charge is -2.07. The highest BCUT2D eigenvalue weighted by molar-refractivity contribution is 5.92. The number of benzene rings is 2. The molecule has 3 aromatic rings. The summed E-state index contributed by atoms with van der Waals surface area (Å²) in [5, 5.41) is 3.17. The van der Waals surface area contributed by atoms with Gasteiger partial charge in [0.2, 0.25) is 5.91 Å². The van der Waals surface area contributed by atoms with Crippen molar-refractivity contribution < 1.29 is 18.7 Å². The van der Waals surface area contributed by atoms with Gasteiger partial charge in [-0.2, -0.15) is 0 Å². The first kappa shape index (κ1) is 18.3. The number of methoxy groups -OCH3 is 1. The van der Waals surface area contributed by atoms with E-state index in [-0.39, 0.29) is 11.3 Å². The molecule has 1 heterocycles. The summed E-state index contributed by atoms with van der Waals surface area (Å²) in [5.74, 6) is 1.12. The van der Waals surface area contributed by atoms with Crippen molar-refractivity contribution in [2.75, 3.05) is 20.3 Å². The monoisotopic (exact) mass is 365 g/mol. The fraction of sp³-hybridized carbons (Fsp3) is 0.143. The molecule has 1 aromatic heterocycles. The Morgan fingerprint density at radius 2 is 1.85 bits per heavy atom. The molecule has 0 aliphatic carbocycles. The minimum Gasteiger partial charge on any atom is -0.497 e. The van der Waals surface area contributed by atoms with Crippen LogP contribution in [0.3, 0.4) is 0 Å². The second-order valence-corrected chi connectivity index (χ2v) is 5.66. The molecule has 0 aliphatic rings. The number of rotatable bonds is 7. The van der Waals surface area contributed by atoms with Gasteiger partial charge in [0.15, 0.2) is 5.43 Å². The first-order chi connectivity index (χ1) is 13.2. The lowest BCUT2D eigenvalue weighted by molar-refractivity contribution is -0.116. The second kappa shape index (κ2) is 8.71. The predicted octanol–water partition coefficient (Wildman–Crippen LogP) is 3.01. The number of carbonyl (C=O) groups excluding carboxylic acids is 1. The molecular weight excluding hydrogens is 346 g/mol. The Hall–Kier alpha value is -3.54. The van der Waals surface area contributed by atoms with Crippen LogP contribution in [-0.2, 0) is 4.79 Å². The zero-order chi connectivity index (χ0) is 19.1. The van der Waals surface area contributed by atoms with Crippen LogP contribution in [0.5, 0.6) is 11.5 Å². The molecule has 0 bridgehead atoms. The molecule has 1 N–H and O–H groups in total. The maximum Gasteiger partial charge on any atom is 0.244 e. The number of ether oxygens (including phenoxy) is 2. The molecule has 2 aromatic carbocycles. The Balaban J connectivity index is 1.50. The smallest absolute Gasteiger partial charge is 0.244 e. The molecule has 0 saturated heterocycles. The van der Waals surface area contributed by atoms with Crippen LogP contribution in [0.25, 0.3) is 17.0 Å². The van der Waals surface area contributed by atoms with Crippen LogP contribution >= 0.6 is 0 Å². The van der Waals surface area contributed by atoms with Gasteiger partial charge in [-0.3, -0.25) is 9.59 Å². The molecule has 6 heteroatoms. The third-order valence-electron chi connectivity index (χ3n) is 3.85. The number of nitrogens with one attached hydrogen (secondary N) is 1. The van der Waals surface area contributed by atoms with E-state index in [1.165, 1.54) is 18.4 Å². The molecule has 27 heavy (non-hydrogen) atoms. The summed E-state index contributed by atoms with van der Waals surface area (Å²) < 4.78 is 16.0. The Kier molecular flexibility index (Phi) is 5.89. The number of para-hydroxylation sites is 1. The van der Waals surface area contributed by atoms with Crippen molar-refractivity contribution in [1.82, 2.24) is 5.32 Å². The molecule has 3 rings (SSSR count). The summed E-state index contributed by atoms with van der Waals surface area (Å²) in [6, 6.07) is 14.1. The fourth-order valence-corrected chi connectivity index (χ4v) is 2.45. The topological polar surface area (TPSA) is 77.8 Å². The summed E-state index contributed by atoms with van der Waals surface area (Å²) in [6.45, 7) is 0.658. The van der Waals surface area contributed by atoms with E-state index in [2.05, 4.69) is 5.32 Å². The summed E-state index contributed by atoms with van der Waals surface area (Å²) in [6.07, 6.45) is 4.09. The van der Waals surface area contributed by atoms with Crippen molar-refractivity contribution in [1.29, 1.82) is 0 Å². The third-order valence-corrected chi connectivity index (χ3v) is 3.85. The van der Waals surface area contributed by atoms with Crippen molar-refractivity contribution in [3.63, 3.8) is 0 Å². The van der Waals surface area contributed by atoms with E-state index in [9.17, 15) is 9.59 Å². The molecule has 0 aliphatic heterocycles. The fourth-order valence-electron chi connectivity index (χ4n) is 2.45. The lowest BCUT2D eigenvalue weighted by Crippen LogP contribution is -2.26. The highest BCUT2D eigenvalue weighted by Gasteiger charge is 2.04. The first-order valence-corrected chi connectivity index (χ1v) is 8.40. The average molecular weight is 365 g/mol. The Morgan fingerprint density at radius 3 is 2.63 bits per heavy atom. The van der Waals surface area contributed by atoms with Gasteiger partial charge in [0.1, 0.15) is 30.0 Å². The number of carbonyl (C=O) groups is 1.